The summed E-state index contributed by atoms with van der Waals surface area (Å²) in [5.41, 5.74) is -1.30. The highest BCUT2D eigenvalue weighted by Gasteiger charge is 2.59. The van der Waals surface area contributed by atoms with Crippen LogP contribution in [0.25, 0.3) is 0 Å². The van der Waals surface area contributed by atoms with Crippen LogP contribution >= 0.6 is 0 Å². The summed E-state index contributed by atoms with van der Waals surface area (Å²) in [6, 6.07) is 4.22. The molecule has 1 radical (unpaired) electrons. The van der Waals surface area contributed by atoms with Gasteiger partial charge >= 0.3 is 18.2 Å². The third-order valence-electron chi connectivity index (χ3n) is 9.98. The van der Waals surface area contributed by atoms with Crippen molar-refractivity contribution in [2.75, 3.05) is 20.8 Å². The lowest BCUT2D eigenvalue weighted by molar-refractivity contribution is -0.189. The van der Waals surface area contributed by atoms with E-state index in [1.54, 1.807) is 45.0 Å². The van der Waals surface area contributed by atoms with Gasteiger partial charge in [0, 0.05) is 12.6 Å². The van der Waals surface area contributed by atoms with E-state index < -0.39 is 47.5 Å². The molecule has 9 nitrogen and oxygen atoms in total. The highest BCUT2D eigenvalue weighted by molar-refractivity contribution is 6.34. The number of rotatable bonds is 11. The fourth-order valence-electron chi connectivity index (χ4n) is 6.40. The molecule has 1 heterocycles. The summed E-state index contributed by atoms with van der Waals surface area (Å²) in [6.07, 6.45) is -2.60. The standard InChI is InChI=1S/C31H45BF3N2O7/c1-19-14-24(36(26(38)31(33,34)35)17-20-8-10-22(41-6)11-9-20)25(37(19)27(39)42-7)18-43-23-12-13-30(16-21(30)15-23)32-44-29(4,5)28(2,3)40/h8-11,19,21,23-25,40H,12-18H2,1-7H3/t19-,21?,23?,24+,25+,30?/m1/s1. The number of carbonyl (C=O) groups excluding carboxylic acids is 2. The van der Waals surface area contributed by atoms with Crippen LogP contribution < -0.4 is 4.74 Å². The van der Waals surface area contributed by atoms with E-state index in [0.717, 1.165) is 24.2 Å². The van der Waals surface area contributed by atoms with E-state index in [-0.39, 0.29) is 31.0 Å². The molecule has 1 aliphatic heterocycles. The summed E-state index contributed by atoms with van der Waals surface area (Å²) in [7, 11) is 4.59. The molecule has 245 valence electrons. The fraction of sp³-hybridized carbons (Fsp3) is 0.742. The Bertz CT molecular complexity index is 1180. The maximum Gasteiger partial charge on any atom is 0.471 e. The number of benzene rings is 1. The number of ether oxygens (including phenoxy) is 3. The first-order chi connectivity index (χ1) is 20.4. The van der Waals surface area contributed by atoms with Crippen LogP contribution in [0, 0.1) is 5.92 Å². The monoisotopic (exact) mass is 625 g/mol. The minimum Gasteiger partial charge on any atom is -0.497 e. The Morgan fingerprint density at radius 1 is 1.11 bits per heavy atom. The number of hydrogen-bond donors (Lipinski definition) is 1. The SMILES string of the molecule is COC(=O)N1[C@H](C)C[C@H](N(Cc2ccc(OC)cc2)C(=O)C(F)(F)F)[C@@H]1COC1CCC2([B]OC(C)(C)C(C)(C)O)CC2C1. The number of methoxy groups -OCH3 is 2. The predicted octanol–water partition coefficient (Wildman–Crippen LogP) is 5.12. The average Bonchev–Trinajstić information content (AvgIpc) is 3.59. The van der Waals surface area contributed by atoms with Gasteiger partial charge in [0.25, 0.3) is 7.48 Å². The van der Waals surface area contributed by atoms with Crippen molar-refractivity contribution in [3.8, 4) is 5.75 Å². The molecule has 2 saturated carbocycles. The highest BCUT2D eigenvalue weighted by atomic mass is 19.4. The summed E-state index contributed by atoms with van der Waals surface area (Å²) in [5, 5.41) is 10.4. The van der Waals surface area contributed by atoms with Crippen molar-refractivity contribution in [3.05, 3.63) is 29.8 Å². The Kier molecular flexibility index (Phi) is 9.93. The quantitative estimate of drug-likeness (QED) is 0.341. The molecule has 0 bridgehead atoms. The number of amides is 2. The molecule has 1 saturated heterocycles. The number of fused-ring (bicyclic) bond motifs is 1. The van der Waals surface area contributed by atoms with Crippen LogP contribution in [0.4, 0.5) is 18.0 Å². The van der Waals surface area contributed by atoms with Crippen LogP contribution in [0.15, 0.2) is 24.3 Å². The van der Waals surface area contributed by atoms with Crippen molar-refractivity contribution in [2.45, 2.75) is 120 Å². The van der Waals surface area contributed by atoms with Gasteiger partial charge in [-0.1, -0.05) is 12.1 Å². The van der Waals surface area contributed by atoms with Crippen molar-refractivity contribution in [3.63, 3.8) is 0 Å². The molecule has 0 spiro atoms. The first-order valence-electron chi connectivity index (χ1n) is 15.2. The van der Waals surface area contributed by atoms with E-state index >= 15 is 0 Å². The zero-order chi connectivity index (χ0) is 32.7. The average molecular weight is 626 g/mol. The Morgan fingerprint density at radius 2 is 1.77 bits per heavy atom. The van der Waals surface area contributed by atoms with Gasteiger partial charge < -0.3 is 28.9 Å². The molecule has 2 amide bonds. The predicted molar refractivity (Wildman–Crippen MR) is 157 cm³/mol. The van der Waals surface area contributed by atoms with Crippen LogP contribution in [0.5, 0.6) is 5.75 Å². The highest BCUT2D eigenvalue weighted by Crippen LogP contribution is 2.67. The van der Waals surface area contributed by atoms with Gasteiger partial charge in [-0.2, -0.15) is 13.2 Å². The van der Waals surface area contributed by atoms with Gasteiger partial charge in [-0.3, -0.25) is 9.69 Å². The second kappa shape index (κ2) is 12.7. The van der Waals surface area contributed by atoms with Gasteiger partial charge in [0.15, 0.2) is 0 Å². The van der Waals surface area contributed by atoms with Crippen molar-refractivity contribution >= 4 is 19.5 Å². The molecule has 3 fully saturated rings. The lowest BCUT2D eigenvalue weighted by Crippen LogP contribution is -2.54. The molecule has 3 aliphatic rings. The summed E-state index contributed by atoms with van der Waals surface area (Å²) in [4.78, 5) is 27.9. The number of carbonyl (C=O) groups is 2. The van der Waals surface area contributed by atoms with Gasteiger partial charge in [0.1, 0.15) is 5.75 Å². The molecular weight excluding hydrogens is 580 g/mol. The Hall–Kier alpha value is -2.51. The minimum absolute atomic E-state index is 0.0370. The third kappa shape index (κ3) is 7.31. The topological polar surface area (TPSA) is 97.8 Å². The van der Waals surface area contributed by atoms with E-state index in [1.807, 2.05) is 21.3 Å². The minimum atomic E-state index is -5.10. The summed E-state index contributed by atoms with van der Waals surface area (Å²) < 4.78 is 64.3. The maximum absolute atomic E-state index is 13.9. The Morgan fingerprint density at radius 3 is 2.32 bits per heavy atom. The maximum atomic E-state index is 13.9. The van der Waals surface area contributed by atoms with Gasteiger partial charge in [-0.25, -0.2) is 4.79 Å². The first kappa shape index (κ1) is 34.4. The van der Waals surface area contributed by atoms with Gasteiger partial charge in [-0.15, -0.1) is 0 Å². The summed E-state index contributed by atoms with van der Waals surface area (Å²) in [5.74, 6) is -1.10. The molecule has 1 aromatic rings. The van der Waals surface area contributed by atoms with Crippen molar-refractivity contribution < 1.29 is 46.7 Å². The zero-order valence-electron chi connectivity index (χ0n) is 26.6. The van der Waals surface area contributed by atoms with Crippen LogP contribution in [-0.2, 0) is 25.5 Å². The van der Waals surface area contributed by atoms with E-state index in [0.29, 0.717) is 23.7 Å². The van der Waals surface area contributed by atoms with Gasteiger partial charge in [0.05, 0.1) is 50.2 Å². The number of nitrogens with zero attached hydrogens (tertiary/aromatic N) is 2. The third-order valence-corrected chi connectivity index (χ3v) is 9.98. The molecule has 13 heteroatoms. The molecule has 6 atom stereocenters. The Labute approximate surface area is 258 Å². The molecule has 4 rings (SSSR count). The summed E-state index contributed by atoms with van der Waals surface area (Å²) >= 11 is 0. The van der Waals surface area contributed by atoms with Crippen LogP contribution in [-0.4, -0.2) is 96.8 Å². The van der Waals surface area contributed by atoms with Crippen molar-refractivity contribution in [1.82, 2.24) is 9.80 Å². The van der Waals surface area contributed by atoms with E-state index in [2.05, 4.69) is 0 Å². The summed E-state index contributed by atoms with van der Waals surface area (Å²) in [6.45, 7) is 8.52. The largest absolute Gasteiger partial charge is 0.497 e. The van der Waals surface area contributed by atoms with Crippen LogP contribution in [0.2, 0.25) is 5.31 Å². The molecule has 44 heavy (non-hydrogen) atoms. The van der Waals surface area contributed by atoms with Gasteiger partial charge in [0.2, 0.25) is 0 Å². The van der Waals surface area contributed by atoms with E-state index in [1.165, 1.54) is 19.1 Å². The molecule has 2 aliphatic carbocycles. The zero-order valence-corrected chi connectivity index (χ0v) is 26.6. The van der Waals surface area contributed by atoms with Crippen LogP contribution in [0.3, 0.4) is 0 Å². The number of alkyl halides is 3. The van der Waals surface area contributed by atoms with Crippen molar-refractivity contribution in [1.29, 1.82) is 0 Å². The molecular formula is C31H45BF3N2O7. The second-order valence-corrected chi connectivity index (χ2v) is 13.5. The molecule has 3 unspecified atom stereocenters. The normalized spacial score (nSPS) is 28.7. The fourth-order valence-corrected chi connectivity index (χ4v) is 6.40. The van der Waals surface area contributed by atoms with E-state index in [4.69, 9.17) is 18.9 Å². The number of likely N-dealkylation sites (tertiary alicyclic amines) is 1. The number of aliphatic hydroxyl groups is 1. The number of hydrogen-bond acceptors (Lipinski definition) is 7. The van der Waals surface area contributed by atoms with Crippen molar-refractivity contribution in [2.24, 2.45) is 5.92 Å². The smallest absolute Gasteiger partial charge is 0.471 e. The molecule has 0 aromatic heterocycles. The lowest BCUT2D eigenvalue weighted by atomic mass is 9.66. The first-order valence-corrected chi connectivity index (χ1v) is 15.2. The lowest BCUT2D eigenvalue weighted by Gasteiger charge is -2.39. The Balaban J connectivity index is 1.48. The molecule has 1 N–H and O–H groups in total. The number of halogens is 3. The van der Waals surface area contributed by atoms with Crippen LogP contribution in [0.1, 0.15) is 72.3 Å². The van der Waals surface area contributed by atoms with Gasteiger partial charge in [-0.05, 0) is 95.7 Å². The second-order valence-electron chi connectivity index (χ2n) is 13.5. The van der Waals surface area contributed by atoms with E-state index in [9.17, 15) is 27.9 Å². The molecule has 1 aromatic carbocycles.